The van der Waals surface area contributed by atoms with Gasteiger partial charge in [-0.15, -0.1) is 0 Å². The van der Waals surface area contributed by atoms with Crippen molar-refractivity contribution >= 4 is 5.96 Å². The van der Waals surface area contributed by atoms with Crippen LogP contribution >= 0.6 is 0 Å². The van der Waals surface area contributed by atoms with Gasteiger partial charge in [0.05, 0.1) is 6.61 Å². The molecule has 1 saturated heterocycles. The molecule has 0 aliphatic carbocycles. The van der Waals surface area contributed by atoms with Gasteiger partial charge in [-0.05, 0) is 37.5 Å². The van der Waals surface area contributed by atoms with Crippen LogP contribution in [0.4, 0.5) is 8.78 Å². The molecule has 0 bridgehead atoms. The highest BCUT2D eigenvalue weighted by Gasteiger charge is 2.16. The van der Waals surface area contributed by atoms with Crippen molar-refractivity contribution in [1.29, 1.82) is 0 Å². The van der Waals surface area contributed by atoms with E-state index in [1.54, 1.807) is 26.1 Å². The zero-order valence-corrected chi connectivity index (χ0v) is 13.5. The number of nitrogens with one attached hydrogen (secondary N) is 1. The van der Waals surface area contributed by atoms with Gasteiger partial charge in [0.2, 0.25) is 0 Å². The normalized spacial score (nSPS) is 15.2. The molecule has 0 amide bonds. The van der Waals surface area contributed by atoms with Gasteiger partial charge in [-0.25, -0.2) is 0 Å². The Hall–Kier alpha value is -2.05. The fraction of sp³-hybridized carbons (Fsp3) is 0.562. The van der Waals surface area contributed by atoms with Crippen LogP contribution in [0.5, 0.6) is 11.5 Å². The number of nitrogens with zero attached hydrogens (tertiary/aromatic N) is 2. The van der Waals surface area contributed by atoms with Gasteiger partial charge >= 0.3 is 6.61 Å². The van der Waals surface area contributed by atoms with Crippen LogP contribution in [-0.4, -0.2) is 44.2 Å². The number of hydrogen-bond acceptors (Lipinski definition) is 3. The Labute approximate surface area is 135 Å². The highest BCUT2D eigenvalue weighted by Crippen LogP contribution is 2.29. The number of aliphatic imine (C=N–C) groups is 1. The van der Waals surface area contributed by atoms with Crippen molar-refractivity contribution in [3.63, 3.8) is 0 Å². The topological polar surface area (TPSA) is 46.1 Å². The van der Waals surface area contributed by atoms with Crippen molar-refractivity contribution in [1.82, 2.24) is 10.2 Å². The molecule has 1 aliphatic heterocycles. The number of likely N-dealkylation sites (tertiary alicyclic amines) is 1. The van der Waals surface area contributed by atoms with Crippen LogP contribution in [0, 0.1) is 0 Å². The maximum Gasteiger partial charge on any atom is 0.387 e. The molecule has 5 nitrogen and oxygen atoms in total. The predicted molar refractivity (Wildman–Crippen MR) is 85.2 cm³/mol. The fourth-order valence-electron chi connectivity index (χ4n) is 2.57. The maximum absolute atomic E-state index is 12.4. The molecule has 0 radical (unpaired) electrons. The molecule has 2 rings (SSSR count). The average Bonchev–Trinajstić information content (AvgIpc) is 3.04. The highest BCUT2D eigenvalue weighted by atomic mass is 19.3. The second-order valence-corrected chi connectivity index (χ2v) is 5.19. The molecule has 1 aromatic rings. The van der Waals surface area contributed by atoms with E-state index < -0.39 is 6.61 Å². The zero-order chi connectivity index (χ0) is 16.7. The number of rotatable bonds is 6. The van der Waals surface area contributed by atoms with E-state index in [-0.39, 0.29) is 5.75 Å². The van der Waals surface area contributed by atoms with Gasteiger partial charge in [0.1, 0.15) is 0 Å². The van der Waals surface area contributed by atoms with Gasteiger partial charge < -0.3 is 19.7 Å². The Bertz CT molecular complexity index is 532. The van der Waals surface area contributed by atoms with E-state index in [0.717, 1.165) is 24.6 Å². The van der Waals surface area contributed by atoms with Gasteiger partial charge in [0.15, 0.2) is 17.5 Å². The van der Waals surface area contributed by atoms with Crippen molar-refractivity contribution in [2.45, 2.75) is 32.9 Å². The van der Waals surface area contributed by atoms with Gasteiger partial charge in [-0.1, -0.05) is 6.07 Å². The summed E-state index contributed by atoms with van der Waals surface area (Å²) in [6.07, 6.45) is 2.35. The van der Waals surface area contributed by atoms with E-state index in [1.165, 1.54) is 18.9 Å². The lowest BCUT2D eigenvalue weighted by atomic mass is 10.2. The van der Waals surface area contributed by atoms with Crippen LogP contribution in [0.25, 0.3) is 0 Å². The van der Waals surface area contributed by atoms with Gasteiger partial charge in [-0.3, -0.25) is 4.99 Å². The molecular formula is C16H23F2N3O2. The summed E-state index contributed by atoms with van der Waals surface area (Å²) in [5.41, 5.74) is 0.912. The molecule has 23 heavy (non-hydrogen) atoms. The molecule has 0 saturated carbocycles. The third-order valence-electron chi connectivity index (χ3n) is 3.59. The molecular weight excluding hydrogens is 304 g/mol. The summed E-state index contributed by atoms with van der Waals surface area (Å²) < 4.78 is 34.7. The van der Waals surface area contributed by atoms with Crippen LogP contribution in [0.1, 0.15) is 25.3 Å². The maximum atomic E-state index is 12.4. The minimum absolute atomic E-state index is 0.0505. The Balaban J connectivity index is 2.02. The molecule has 1 aromatic carbocycles. The van der Waals surface area contributed by atoms with E-state index in [2.05, 4.69) is 19.9 Å². The number of benzene rings is 1. The number of hydrogen-bond donors (Lipinski definition) is 1. The Kier molecular flexibility index (Phi) is 6.43. The van der Waals surface area contributed by atoms with Gasteiger partial charge in [-0.2, -0.15) is 8.78 Å². The number of guanidine groups is 1. The molecule has 1 heterocycles. The van der Waals surface area contributed by atoms with Crippen molar-refractivity contribution in [2.75, 3.05) is 26.7 Å². The largest absolute Gasteiger partial charge is 0.490 e. The van der Waals surface area contributed by atoms with E-state index in [9.17, 15) is 8.78 Å². The molecule has 0 spiro atoms. The molecule has 1 N–H and O–H groups in total. The van der Waals surface area contributed by atoms with E-state index in [4.69, 9.17) is 4.74 Å². The smallest absolute Gasteiger partial charge is 0.387 e. The van der Waals surface area contributed by atoms with E-state index in [1.807, 2.05) is 0 Å². The summed E-state index contributed by atoms with van der Waals surface area (Å²) in [7, 11) is 1.76. The molecule has 0 unspecified atom stereocenters. The lowest BCUT2D eigenvalue weighted by Crippen LogP contribution is -2.39. The van der Waals surface area contributed by atoms with Gasteiger partial charge in [0, 0.05) is 26.7 Å². The molecule has 128 valence electrons. The van der Waals surface area contributed by atoms with E-state index >= 15 is 0 Å². The molecule has 0 aromatic heterocycles. The van der Waals surface area contributed by atoms with Crippen LogP contribution in [0.2, 0.25) is 0 Å². The monoisotopic (exact) mass is 327 g/mol. The third-order valence-corrected chi connectivity index (χ3v) is 3.59. The summed E-state index contributed by atoms with van der Waals surface area (Å²) in [4.78, 5) is 6.48. The van der Waals surface area contributed by atoms with E-state index in [0.29, 0.717) is 18.9 Å². The second kappa shape index (κ2) is 8.55. The van der Waals surface area contributed by atoms with Crippen LogP contribution in [-0.2, 0) is 6.54 Å². The predicted octanol–water partition coefficient (Wildman–Crippen LogP) is 2.86. The zero-order valence-electron chi connectivity index (χ0n) is 13.5. The second-order valence-electron chi connectivity index (χ2n) is 5.19. The summed E-state index contributed by atoms with van der Waals surface area (Å²) in [6, 6.07) is 4.96. The number of ether oxygens (including phenoxy) is 2. The molecule has 1 fully saturated rings. The lowest BCUT2D eigenvalue weighted by molar-refractivity contribution is -0.0514. The lowest BCUT2D eigenvalue weighted by Gasteiger charge is -2.21. The fourth-order valence-corrected chi connectivity index (χ4v) is 2.57. The first-order valence-electron chi connectivity index (χ1n) is 7.80. The molecule has 0 atom stereocenters. The minimum Gasteiger partial charge on any atom is -0.490 e. The summed E-state index contributed by atoms with van der Waals surface area (Å²) in [5, 5.41) is 3.29. The first kappa shape index (κ1) is 17.3. The van der Waals surface area contributed by atoms with Crippen LogP contribution in [0.3, 0.4) is 0 Å². The Morgan fingerprint density at radius 3 is 2.65 bits per heavy atom. The average molecular weight is 327 g/mol. The highest BCUT2D eigenvalue weighted by molar-refractivity contribution is 5.80. The Morgan fingerprint density at radius 1 is 1.30 bits per heavy atom. The third kappa shape index (κ3) is 4.97. The molecule has 7 heteroatoms. The standard InChI is InChI=1S/C16H23F2N3O2/c1-3-22-14-10-12(6-7-13(14)23-15(17)18)11-20-16(19-2)21-8-4-5-9-21/h6-7,10,15H,3-5,8-9,11H2,1-2H3,(H,19,20). The summed E-state index contributed by atoms with van der Waals surface area (Å²) in [5.74, 6) is 1.23. The summed E-state index contributed by atoms with van der Waals surface area (Å²) >= 11 is 0. The van der Waals surface area contributed by atoms with Crippen LogP contribution in [0.15, 0.2) is 23.2 Å². The SMILES string of the molecule is CCOc1cc(CNC(=NC)N2CCCC2)ccc1OC(F)F. The minimum atomic E-state index is -2.87. The van der Waals surface area contributed by atoms with Crippen LogP contribution < -0.4 is 14.8 Å². The molecule has 1 aliphatic rings. The van der Waals surface area contributed by atoms with Crippen molar-refractivity contribution < 1.29 is 18.3 Å². The van der Waals surface area contributed by atoms with Crippen molar-refractivity contribution in [3.05, 3.63) is 23.8 Å². The van der Waals surface area contributed by atoms with Gasteiger partial charge in [0.25, 0.3) is 0 Å². The van der Waals surface area contributed by atoms with Crippen molar-refractivity contribution in [3.8, 4) is 11.5 Å². The summed E-state index contributed by atoms with van der Waals surface area (Å²) in [6.45, 7) is 1.86. The first-order valence-corrected chi connectivity index (χ1v) is 7.80. The first-order chi connectivity index (χ1) is 11.1. The Morgan fingerprint density at radius 2 is 2.04 bits per heavy atom. The van der Waals surface area contributed by atoms with Crippen molar-refractivity contribution in [2.24, 2.45) is 4.99 Å². The number of halogens is 2. The quantitative estimate of drug-likeness (QED) is 0.645. The number of alkyl halides is 2.